The van der Waals surface area contributed by atoms with Crippen molar-refractivity contribution in [2.45, 2.75) is 11.7 Å². The van der Waals surface area contributed by atoms with Crippen LogP contribution < -0.4 is 10.9 Å². The van der Waals surface area contributed by atoms with E-state index in [4.69, 9.17) is 0 Å². The van der Waals surface area contributed by atoms with Crippen molar-refractivity contribution in [2.75, 3.05) is 11.1 Å². The van der Waals surface area contributed by atoms with Gasteiger partial charge in [-0.15, -0.1) is 0 Å². The van der Waals surface area contributed by atoms with Gasteiger partial charge in [-0.05, 0) is 11.5 Å². The van der Waals surface area contributed by atoms with Gasteiger partial charge in [0.05, 0.1) is 5.92 Å². The summed E-state index contributed by atoms with van der Waals surface area (Å²) in [5.41, 5.74) is 0.683. The van der Waals surface area contributed by atoms with Crippen LogP contribution in [0.1, 0.15) is 0 Å². The number of anilines is 1. The highest BCUT2D eigenvalue weighted by Gasteiger charge is 2.26. The summed E-state index contributed by atoms with van der Waals surface area (Å²) < 4.78 is 1.57. The zero-order valence-electron chi connectivity index (χ0n) is 12.8. The minimum Gasteiger partial charge on any atom is -0.325 e. The molecule has 1 aliphatic heterocycles. The topological polar surface area (TPSA) is 64.0 Å². The first-order valence-corrected chi connectivity index (χ1v) is 8.68. The number of carbonyl (C=O) groups excluding carboxylic acids is 1. The summed E-state index contributed by atoms with van der Waals surface area (Å²) in [5.74, 6) is 0.288. The van der Waals surface area contributed by atoms with Gasteiger partial charge in [-0.2, -0.15) is 0 Å². The molecule has 0 saturated heterocycles. The van der Waals surface area contributed by atoms with Crippen molar-refractivity contribution in [1.29, 1.82) is 0 Å². The van der Waals surface area contributed by atoms with E-state index in [1.54, 1.807) is 4.57 Å². The van der Waals surface area contributed by atoms with Crippen molar-refractivity contribution in [3.8, 4) is 0 Å². The second kappa shape index (κ2) is 6.13. The molecule has 5 nitrogen and oxygen atoms in total. The molecule has 120 valence electrons. The minimum absolute atomic E-state index is 0.0692. The number of nitrogens with one attached hydrogen (secondary N) is 1. The summed E-state index contributed by atoms with van der Waals surface area (Å²) in [6, 6.07) is 15.2. The van der Waals surface area contributed by atoms with Crippen LogP contribution in [0.5, 0.6) is 0 Å². The summed E-state index contributed by atoms with van der Waals surface area (Å²) >= 11 is 1.44. The van der Waals surface area contributed by atoms with Gasteiger partial charge in [0.2, 0.25) is 5.91 Å². The number of benzene rings is 2. The quantitative estimate of drug-likeness (QED) is 0.730. The highest BCUT2D eigenvalue weighted by atomic mass is 32.2. The standard InChI is InChI=1S/C18H15N3O2S/c22-16-8-9-19-18-21(16)10-13(11-24-18)17(23)20-15-7-3-5-12-4-1-2-6-14(12)15/h1-9,13H,10-11H2,(H,20,23). The molecule has 3 aromatic rings. The molecular weight excluding hydrogens is 322 g/mol. The first-order chi connectivity index (χ1) is 11.7. The Morgan fingerprint density at radius 3 is 2.92 bits per heavy atom. The smallest absolute Gasteiger partial charge is 0.254 e. The molecule has 0 aliphatic carbocycles. The molecule has 1 aromatic heterocycles. The largest absolute Gasteiger partial charge is 0.325 e. The second-order valence-corrected chi connectivity index (χ2v) is 6.69. The van der Waals surface area contributed by atoms with Crippen molar-refractivity contribution in [2.24, 2.45) is 5.92 Å². The first-order valence-electron chi connectivity index (χ1n) is 7.69. The fraction of sp³-hybridized carbons (Fsp3) is 0.167. The molecule has 0 bridgehead atoms. The van der Waals surface area contributed by atoms with Crippen molar-refractivity contribution in [3.05, 3.63) is 65.1 Å². The first kappa shape index (κ1) is 15.0. The Morgan fingerprint density at radius 2 is 2.00 bits per heavy atom. The average Bonchev–Trinajstić information content (AvgIpc) is 2.62. The lowest BCUT2D eigenvalue weighted by atomic mass is 10.1. The number of rotatable bonds is 2. The number of fused-ring (bicyclic) bond motifs is 2. The summed E-state index contributed by atoms with van der Waals surface area (Å²) in [5, 5.41) is 5.79. The molecule has 0 spiro atoms. The van der Waals surface area contributed by atoms with Gasteiger partial charge in [-0.3, -0.25) is 14.2 Å². The normalized spacial score (nSPS) is 16.6. The van der Waals surface area contributed by atoms with E-state index in [1.165, 1.54) is 24.0 Å². The van der Waals surface area contributed by atoms with E-state index in [2.05, 4.69) is 10.3 Å². The molecule has 2 heterocycles. The predicted octanol–water partition coefficient (Wildman–Crippen LogP) is 2.76. The molecule has 4 rings (SSSR count). The maximum Gasteiger partial charge on any atom is 0.254 e. The summed E-state index contributed by atoms with van der Waals surface area (Å²) in [6.07, 6.45) is 1.51. The monoisotopic (exact) mass is 337 g/mol. The Labute approximate surface area is 142 Å². The number of hydrogen-bond acceptors (Lipinski definition) is 4. The van der Waals surface area contributed by atoms with E-state index in [1.807, 2.05) is 42.5 Å². The maximum atomic E-state index is 12.7. The Balaban J connectivity index is 1.59. The van der Waals surface area contributed by atoms with Crippen LogP contribution in [0.25, 0.3) is 10.8 Å². The van der Waals surface area contributed by atoms with Crippen molar-refractivity contribution < 1.29 is 4.79 Å². The third-order valence-electron chi connectivity index (χ3n) is 4.13. The Morgan fingerprint density at radius 1 is 1.17 bits per heavy atom. The molecule has 1 aliphatic rings. The summed E-state index contributed by atoms with van der Waals surface area (Å²) in [4.78, 5) is 28.8. The number of nitrogens with zero attached hydrogens (tertiary/aromatic N) is 2. The van der Waals surface area contributed by atoms with Crippen LogP contribution >= 0.6 is 11.8 Å². The van der Waals surface area contributed by atoms with Gasteiger partial charge in [0.1, 0.15) is 0 Å². The van der Waals surface area contributed by atoms with E-state index >= 15 is 0 Å². The fourth-order valence-corrected chi connectivity index (χ4v) is 3.94. The lowest BCUT2D eigenvalue weighted by molar-refractivity contribution is -0.119. The molecule has 2 aromatic carbocycles. The third kappa shape index (κ3) is 2.69. The Hall–Kier alpha value is -2.60. The van der Waals surface area contributed by atoms with Crippen molar-refractivity contribution in [1.82, 2.24) is 9.55 Å². The zero-order valence-corrected chi connectivity index (χ0v) is 13.6. The molecule has 1 amide bonds. The lowest BCUT2D eigenvalue weighted by Gasteiger charge is -2.24. The van der Waals surface area contributed by atoms with Crippen molar-refractivity contribution in [3.63, 3.8) is 0 Å². The average molecular weight is 337 g/mol. The van der Waals surface area contributed by atoms with Gasteiger partial charge >= 0.3 is 0 Å². The van der Waals surface area contributed by atoms with Crippen LogP contribution in [0.4, 0.5) is 5.69 Å². The third-order valence-corrected chi connectivity index (χ3v) is 5.29. The number of aromatic nitrogens is 2. The minimum atomic E-state index is -0.261. The Bertz CT molecular complexity index is 978. The molecular formula is C18H15N3O2S. The SMILES string of the molecule is O=C(Nc1cccc2ccccc12)C1CSc2nccc(=O)n2C1. The molecule has 1 atom stereocenters. The van der Waals surface area contributed by atoms with Gasteiger partial charge in [-0.25, -0.2) is 4.98 Å². The van der Waals surface area contributed by atoms with E-state index in [0.29, 0.717) is 17.5 Å². The molecule has 6 heteroatoms. The summed E-state index contributed by atoms with van der Waals surface area (Å²) in [6.45, 7) is 0.367. The van der Waals surface area contributed by atoms with Crippen LogP contribution in [-0.4, -0.2) is 21.2 Å². The highest BCUT2D eigenvalue weighted by Crippen LogP contribution is 2.27. The molecule has 0 radical (unpaired) electrons. The Kier molecular flexibility index (Phi) is 3.82. The predicted molar refractivity (Wildman–Crippen MR) is 95.3 cm³/mol. The number of amides is 1. The summed E-state index contributed by atoms with van der Waals surface area (Å²) in [7, 11) is 0. The molecule has 0 fully saturated rings. The molecule has 0 saturated carbocycles. The van der Waals surface area contributed by atoms with Crippen molar-refractivity contribution >= 4 is 34.1 Å². The van der Waals surface area contributed by atoms with Crippen LogP contribution in [-0.2, 0) is 11.3 Å². The number of hydrogen-bond donors (Lipinski definition) is 1. The van der Waals surface area contributed by atoms with Crippen LogP contribution in [0.3, 0.4) is 0 Å². The van der Waals surface area contributed by atoms with E-state index < -0.39 is 0 Å². The van der Waals surface area contributed by atoms with Crippen LogP contribution in [0, 0.1) is 5.92 Å². The zero-order chi connectivity index (χ0) is 16.5. The molecule has 1 N–H and O–H groups in total. The van der Waals surface area contributed by atoms with E-state index in [0.717, 1.165) is 16.5 Å². The van der Waals surface area contributed by atoms with Crippen LogP contribution in [0.2, 0.25) is 0 Å². The van der Waals surface area contributed by atoms with Gasteiger partial charge < -0.3 is 5.32 Å². The van der Waals surface area contributed by atoms with Gasteiger partial charge in [0.25, 0.3) is 5.56 Å². The van der Waals surface area contributed by atoms with E-state index in [-0.39, 0.29) is 17.4 Å². The van der Waals surface area contributed by atoms with Gasteiger partial charge in [0, 0.05) is 35.6 Å². The van der Waals surface area contributed by atoms with Gasteiger partial charge in [0.15, 0.2) is 5.16 Å². The number of carbonyl (C=O) groups is 1. The molecule has 24 heavy (non-hydrogen) atoms. The second-order valence-electron chi connectivity index (χ2n) is 5.70. The lowest BCUT2D eigenvalue weighted by Crippen LogP contribution is -2.36. The highest BCUT2D eigenvalue weighted by molar-refractivity contribution is 7.99. The molecule has 1 unspecified atom stereocenters. The van der Waals surface area contributed by atoms with Gasteiger partial charge in [-0.1, -0.05) is 48.2 Å². The fourth-order valence-electron chi connectivity index (χ4n) is 2.88. The van der Waals surface area contributed by atoms with E-state index in [9.17, 15) is 9.59 Å². The van der Waals surface area contributed by atoms with Crippen LogP contribution in [0.15, 0.2) is 64.7 Å². The maximum absolute atomic E-state index is 12.7. The number of thioether (sulfide) groups is 1.